The second kappa shape index (κ2) is 7.77. The molecule has 0 spiro atoms. The molecule has 5 nitrogen and oxygen atoms in total. The Morgan fingerprint density at radius 1 is 1.41 bits per heavy atom. The third-order valence-electron chi connectivity index (χ3n) is 4.72. The topological polar surface area (TPSA) is 67.2 Å². The molecular formula is C17H29N3O2. The van der Waals surface area contributed by atoms with E-state index < -0.39 is 0 Å². The molecule has 1 fully saturated rings. The third-order valence-corrected chi connectivity index (χ3v) is 4.72. The third kappa shape index (κ3) is 4.09. The van der Waals surface area contributed by atoms with Gasteiger partial charge in [-0.3, -0.25) is 9.48 Å². The molecule has 0 saturated heterocycles. The van der Waals surface area contributed by atoms with Crippen LogP contribution in [0.15, 0.2) is 6.07 Å². The minimum absolute atomic E-state index is 0.0577. The predicted octanol–water partition coefficient (Wildman–Crippen LogP) is 2.60. The van der Waals surface area contributed by atoms with Crippen LogP contribution in [0, 0.1) is 5.92 Å². The Morgan fingerprint density at radius 2 is 2.09 bits per heavy atom. The van der Waals surface area contributed by atoms with Crippen LogP contribution in [-0.2, 0) is 7.05 Å². The zero-order valence-corrected chi connectivity index (χ0v) is 14.0. The van der Waals surface area contributed by atoms with Crippen molar-refractivity contribution in [2.75, 3.05) is 6.61 Å². The second-order valence-electron chi connectivity index (χ2n) is 6.72. The molecule has 1 saturated carbocycles. The molecule has 1 aliphatic rings. The van der Waals surface area contributed by atoms with Gasteiger partial charge in [-0.1, -0.05) is 33.1 Å². The molecule has 0 radical (unpaired) electrons. The van der Waals surface area contributed by atoms with Gasteiger partial charge < -0.3 is 10.4 Å². The fraction of sp³-hybridized carbons (Fsp3) is 0.765. The van der Waals surface area contributed by atoms with Crippen LogP contribution in [0.4, 0.5) is 0 Å². The molecule has 2 rings (SSSR count). The molecule has 22 heavy (non-hydrogen) atoms. The first-order valence-electron chi connectivity index (χ1n) is 8.48. The SMILES string of the molecule is CC(C)c1cc(C(=O)NC(CCO)C2CCCCC2)nn1C. The van der Waals surface area contributed by atoms with E-state index in [0.717, 1.165) is 18.5 Å². The first-order valence-corrected chi connectivity index (χ1v) is 8.48. The van der Waals surface area contributed by atoms with Crippen molar-refractivity contribution in [3.63, 3.8) is 0 Å². The average Bonchev–Trinajstić information content (AvgIpc) is 2.90. The summed E-state index contributed by atoms with van der Waals surface area (Å²) in [5.41, 5.74) is 1.53. The van der Waals surface area contributed by atoms with Crippen LogP contribution >= 0.6 is 0 Å². The maximum Gasteiger partial charge on any atom is 0.272 e. The molecule has 5 heteroatoms. The lowest BCUT2D eigenvalue weighted by molar-refractivity contribution is 0.0894. The number of hydrogen-bond donors (Lipinski definition) is 2. The summed E-state index contributed by atoms with van der Waals surface area (Å²) in [6, 6.07) is 1.93. The van der Waals surface area contributed by atoms with Gasteiger partial charge in [0, 0.05) is 25.4 Å². The van der Waals surface area contributed by atoms with Crippen LogP contribution in [-0.4, -0.2) is 33.4 Å². The number of nitrogens with zero attached hydrogens (tertiary/aromatic N) is 2. The average molecular weight is 307 g/mol. The van der Waals surface area contributed by atoms with Gasteiger partial charge >= 0.3 is 0 Å². The highest BCUT2D eigenvalue weighted by Crippen LogP contribution is 2.28. The molecular weight excluding hydrogens is 278 g/mol. The molecule has 1 aromatic rings. The Kier molecular flexibility index (Phi) is 6.00. The first-order chi connectivity index (χ1) is 10.5. The summed E-state index contributed by atoms with van der Waals surface area (Å²) in [6.07, 6.45) is 6.65. The van der Waals surface area contributed by atoms with E-state index in [2.05, 4.69) is 24.3 Å². The summed E-state index contributed by atoms with van der Waals surface area (Å²) in [5.74, 6) is 0.704. The molecule has 0 bridgehead atoms. The highest BCUT2D eigenvalue weighted by atomic mass is 16.3. The molecule has 1 atom stereocenters. The van der Waals surface area contributed by atoms with Gasteiger partial charge in [0.25, 0.3) is 5.91 Å². The van der Waals surface area contributed by atoms with E-state index in [1.807, 2.05) is 13.1 Å². The standard InChI is InChI=1S/C17H29N3O2/c1-12(2)16-11-15(19-20(16)3)17(22)18-14(9-10-21)13-7-5-4-6-8-13/h11-14,21H,4-10H2,1-3H3,(H,18,22). The summed E-state index contributed by atoms with van der Waals surface area (Å²) in [6.45, 7) is 4.30. The van der Waals surface area contributed by atoms with E-state index in [0.29, 0.717) is 24.0 Å². The van der Waals surface area contributed by atoms with Crippen molar-refractivity contribution in [3.8, 4) is 0 Å². The highest BCUT2D eigenvalue weighted by Gasteiger charge is 2.26. The lowest BCUT2D eigenvalue weighted by Crippen LogP contribution is -2.42. The predicted molar refractivity (Wildman–Crippen MR) is 86.8 cm³/mol. The van der Waals surface area contributed by atoms with Gasteiger partial charge in [0.2, 0.25) is 0 Å². The van der Waals surface area contributed by atoms with Crippen LogP contribution in [0.3, 0.4) is 0 Å². The maximum atomic E-state index is 12.5. The molecule has 1 unspecified atom stereocenters. The minimum Gasteiger partial charge on any atom is -0.396 e. The fourth-order valence-corrected chi connectivity index (χ4v) is 3.48. The Morgan fingerprint density at radius 3 is 2.64 bits per heavy atom. The summed E-state index contributed by atoms with van der Waals surface area (Å²) in [5, 5.41) is 16.7. The van der Waals surface area contributed by atoms with Gasteiger partial charge in [-0.25, -0.2) is 0 Å². The largest absolute Gasteiger partial charge is 0.396 e. The van der Waals surface area contributed by atoms with Crippen LogP contribution in [0.2, 0.25) is 0 Å². The van der Waals surface area contributed by atoms with E-state index in [-0.39, 0.29) is 18.6 Å². The number of aryl methyl sites for hydroxylation is 1. The first kappa shape index (κ1) is 17.0. The number of nitrogens with one attached hydrogen (secondary N) is 1. The number of hydrogen-bond acceptors (Lipinski definition) is 3. The van der Waals surface area contributed by atoms with Crippen molar-refractivity contribution < 1.29 is 9.90 Å². The summed E-state index contributed by atoms with van der Waals surface area (Å²) in [7, 11) is 1.87. The molecule has 1 amide bonds. The van der Waals surface area contributed by atoms with Crippen molar-refractivity contribution in [2.24, 2.45) is 13.0 Å². The van der Waals surface area contributed by atoms with Crippen molar-refractivity contribution in [3.05, 3.63) is 17.5 Å². The van der Waals surface area contributed by atoms with E-state index >= 15 is 0 Å². The van der Waals surface area contributed by atoms with Crippen molar-refractivity contribution in [1.29, 1.82) is 0 Å². The Hall–Kier alpha value is -1.36. The highest BCUT2D eigenvalue weighted by molar-refractivity contribution is 5.92. The van der Waals surface area contributed by atoms with Gasteiger partial charge in [-0.05, 0) is 37.2 Å². The molecule has 1 aliphatic carbocycles. The lowest BCUT2D eigenvalue weighted by atomic mass is 9.82. The normalized spacial score (nSPS) is 17.7. The Balaban J connectivity index is 2.05. The van der Waals surface area contributed by atoms with Gasteiger partial charge in [0.15, 0.2) is 0 Å². The fourth-order valence-electron chi connectivity index (χ4n) is 3.48. The van der Waals surface area contributed by atoms with E-state index in [4.69, 9.17) is 0 Å². The van der Waals surface area contributed by atoms with E-state index in [1.165, 1.54) is 19.3 Å². The number of amides is 1. The number of aliphatic hydroxyl groups is 1. The van der Waals surface area contributed by atoms with Crippen molar-refractivity contribution >= 4 is 5.91 Å². The van der Waals surface area contributed by atoms with Crippen LogP contribution < -0.4 is 5.32 Å². The van der Waals surface area contributed by atoms with Gasteiger partial charge in [-0.15, -0.1) is 0 Å². The quantitative estimate of drug-likeness (QED) is 0.849. The number of aliphatic hydroxyl groups excluding tert-OH is 1. The van der Waals surface area contributed by atoms with Crippen molar-refractivity contribution in [1.82, 2.24) is 15.1 Å². The van der Waals surface area contributed by atoms with Crippen molar-refractivity contribution in [2.45, 2.75) is 64.3 Å². The summed E-state index contributed by atoms with van der Waals surface area (Å²) >= 11 is 0. The zero-order valence-electron chi connectivity index (χ0n) is 14.0. The molecule has 1 aromatic heterocycles. The number of carbonyl (C=O) groups excluding carboxylic acids is 1. The molecule has 0 aromatic carbocycles. The number of rotatable bonds is 6. The summed E-state index contributed by atoms with van der Waals surface area (Å²) in [4.78, 5) is 12.5. The van der Waals surface area contributed by atoms with Gasteiger partial charge in [-0.2, -0.15) is 5.10 Å². The monoisotopic (exact) mass is 307 g/mol. The lowest BCUT2D eigenvalue weighted by Gasteiger charge is -2.30. The summed E-state index contributed by atoms with van der Waals surface area (Å²) < 4.78 is 1.78. The van der Waals surface area contributed by atoms with Gasteiger partial charge in [0.05, 0.1) is 0 Å². The zero-order chi connectivity index (χ0) is 16.1. The molecule has 1 heterocycles. The molecule has 2 N–H and O–H groups in total. The van der Waals surface area contributed by atoms with Crippen LogP contribution in [0.25, 0.3) is 0 Å². The van der Waals surface area contributed by atoms with Crippen LogP contribution in [0.5, 0.6) is 0 Å². The van der Waals surface area contributed by atoms with E-state index in [1.54, 1.807) is 4.68 Å². The smallest absolute Gasteiger partial charge is 0.272 e. The van der Waals surface area contributed by atoms with E-state index in [9.17, 15) is 9.90 Å². The Bertz CT molecular complexity index is 490. The number of carbonyl (C=O) groups is 1. The second-order valence-corrected chi connectivity index (χ2v) is 6.72. The maximum absolute atomic E-state index is 12.5. The Labute approximate surface area is 133 Å². The van der Waals surface area contributed by atoms with Gasteiger partial charge in [0.1, 0.15) is 5.69 Å². The van der Waals surface area contributed by atoms with Crippen LogP contribution in [0.1, 0.15) is 74.5 Å². The minimum atomic E-state index is -0.119. The number of aromatic nitrogens is 2. The molecule has 0 aliphatic heterocycles. The molecule has 124 valence electrons.